The van der Waals surface area contributed by atoms with E-state index in [0.717, 1.165) is 0 Å². The molecule has 22 heavy (non-hydrogen) atoms. The van der Waals surface area contributed by atoms with Gasteiger partial charge in [0.05, 0.1) is 6.61 Å². The van der Waals surface area contributed by atoms with Gasteiger partial charge in [-0.15, -0.1) is 0 Å². The van der Waals surface area contributed by atoms with Crippen molar-refractivity contribution in [3.05, 3.63) is 35.9 Å². The Morgan fingerprint density at radius 2 is 1.73 bits per heavy atom. The van der Waals surface area contributed by atoms with Crippen molar-refractivity contribution in [2.75, 3.05) is 0 Å². The molecule has 0 amide bonds. The molecule has 0 saturated heterocycles. The number of carbonyl (C=O) groups is 1. The van der Waals surface area contributed by atoms with Gasteiger partial charge in [0.25, 0.3) is 0 Å². The highest BCUT2D eigenvalue weighted by atomic mass is 19.4. The highest BCUT2D eigenvalue weighted by Crippen LogP contribution is 2.24. The lowest BCUT2D eigenvalue weighted by Gasteiger charge is -2.28. The first kappa shape index (κ1) is 18.4. The second kappa shape index (κ2) is 7.11. The Bertz CT molecular complexity index is 483. The maximum atomic E-state index is 12.8. The van der Waals surface area contributed by atoms with E-state index in [1.54, 1.807) is 51.1 Å². The van der Waals surface area contributed by atoms with Crippen LogP contribution < -0.4 is 5.73 Å². The molecule has 0 aliphatic heterocycles. The predicted octanol–water partition coefficient (Wildman–Crippen LogP) is 2.80. The van der Waals surface area contributed by atoms with E-state index >= 15 is 0 Å². The monoisotopic (exact) mass is 319 g/mol. The zero-order valence-electron chi connectivity index (χ0n) is 12.7. The molecule has 0 aliphatic carbocycles. The topological polar surface area (TPSA) is 61.5 Å². The van der Waals surface area contributed by atoms with Crippen LogP contribution in [0.1, 0.15) is 26.3 Å². The Balaban J connectivity index is 2.84. The Morgan fingerprint density at radius 3 is 2.18 bits per heavy atom. The number of carbonyl (C=O) groups excluding carboxylic acids is 1. The highest BCUT2D eigenvalue weighted by molar-refractivity contribution is 5.76. The summed E-state index contributed by atoms with van der Waals surface area (Å²) in [5.41, 5.74) is 4.82. The minimum Gasteiger partial charge on any atom is -0.458 e. The standard InChI is InChI=1S/C15H20F3NO3/c1-14(2,3)22-13(20)11(12(19)15(16,17)18)21-9-10-7-5-4-6-8-10/h4-8,11-12H,9,19H2,1-3H3/t11-,12-/m0/s1. The predicted molar refractivity (Wildman–Crippen MR) is 74.9 cm³/mol. The second-order valence-electron chi connectivity index (χ2n) is 5.82. The summed E-state index contributed by atoms with van der Waals surface area (Å²) in [6.45, 7) is 4.49. The second-order valence-corrected chi connectivity index (χ2v) is 5.82. The summed E-state index contributed by atoms with van der Waals surface area (Å²) in [5.74, 6) is -1.13. The van der Waals surface area contributed by atoms with Crippen molar-refractivity contribution >= 4 is 5.97 Å². The van der Waals surface area contributed by atoms with Crippen LogP contribution in [-0.4, -0.2) is 29.9 Å². The molecule has 2 atom stereocenters. The molecule has 7 heteroatoms. The normalized spacial score (nSPS) is 15.2. The van der Waals surface area contributed by atoms with Crippen LogP contribution in [0.4, 0.5) is 13.2 Å². The van der Waals surface area contributed by atoms with E-state index in [-0.39, 0.29) is 6.61 Å². The van der Waals surface area contributed by atoms with Crippen LogP contribution in [0, 0.1) is 0 Å². The van der Waals surface area contributed by atoms with Gasteiger partial charge in [-0.1, -0.05) is 30.3 Å². The highest BCUT2D eigenvalue weighted by Gasteiger charge is 2.47. The summed E-state index contributed by atoms with van der Waals surface area (Å²) in [6.07, 6.45) is -6.68. The molecule has 2 N–H and O–H groups in total. The molecule has 1 aromatic carbocycles. The van der Waals surface area contributed by atoms with Gasteiger partial charge < -0.3 is 15.2 Å². The minimum absolute atomic E-state index is 0.172. The van der Waals surface area contributed by atoms with Gasteiger partial charge in [-0.3, -0.25) is 0 Å². The molecule has 0 aromatic heterocycles. The molecule has 0 heterocycles. The SMILES string of the molecule is CC(C)(C)OC(=O)[C@@H](OCc1ccccc1)[C@H](N)C(F)(F)F. The average Bonchev–Trinajstić information content (AvgIpc) is 2.36. The Labute approximate surface area is 127 Å². The lowest BCUT2D eigenvalue weighted by Crippen LogP contribution is -2.53. The summed E-state index contributed by atoms with van der Waals surface area (Å²) >= 11 is 0. The molecule has 0 radical (unpaired) electrons. The minimum atomic E-state index is -4.77. The van der Waals surface area contributed by atoms with Gasteiger partial charge in [-0.05, 0) is 26.3 Å². The fourth-order valence-corrected chi connectivity index (χ4v) is 1.61. The number of hydrogen-bond acceptors (Lipinski definition) is 4. The largest absolute Gasteiger partial charge is 0.458 e. The fraction of sp³-hybridized carbons (Fsp3) is 0.533. The van der Waals surface area contributed by atoms with Crippen molar-refractivity contribution in [3.63, 3.8) is 0 Å². The van der Waals surface area contributed by atoms with E-state index in [9.17, 15) is 18.0 Å². The molecule has 0 spiro atoms. The summed E-state index contributed by atoms with van der Waals surface area (Å²) in [7, 11) is 0. The third kappa shape index (κ3) is 6.03. The van der Waals surface area contributed by atoms with Crippen LogP contribution in [0.3, 0.4) is 0 Å². The lowest BCUT2D eigenvalue weighted by molar-refractivity contribution is -0.200. The zero-order chi connectivity index (χ0) is 17.0. The van der Waals surface area contributed by atoms with E-state index in [4.69, 9.17) is 15.2 Å². The van der Waals surface area contributed by atoms with E-state index in [2.05, 4.69) is 0 Å². The molecule has 0 aliphatic rings. The summed E-state index contributed by atoms with van der Waals surface area (Å²) in [4.78, 5) is 11.9. The molecule has 1 rings (SSSR count). The van der Waals surface area contributed by atoms with Crippen molar-refractivity contribution < 1.29 is 27.4 Å². The molecule has 4 nitrogen and oxygen atoms in total. The first-order valence-electron chi connectivity index (χ1n) is 6.71. The smallest absolute Gasteiger partial charge is 0.406 e. The Kier molecular flexibility index (Phi) is 5.96. The number of esters is 1. The fourth-order valence-electron chi connectivity index (χ4n) is 1.61. The number of hydrogen-bond donors (Lipinski definition) is 1. The van der Waals surface area contributed by atoms with Crippen molar-refractivity contribution in [2.45, 2.75) is 51.3 Å². The van der Waals surface area contributed by atoms with Crippen LogP contribution >= 0.6 is 0 Å². The van der Waals surface area contributed by atoms with E-state index in [0.29, 0.717) is 5.56 Å². The lowest BCUT2D eigenvalue weighted by atomic mass is 10.1. The average molecular weight is 319 g/mol. The number of alkyl halides is 3. The Morgan fingerprint density at radius 1 is 1.18 bits per heavy atom. The third-order valence-corrected chi connectivity index (χ3v) is 2.62. The molecule has 0 saturated carbocycles. The van der Waals surface area contributed by atoms with Gasteiger partial charge >= 0.3 is 12.1 Å². The number of rotatable bonds is 5. The van der Waals surface area contributed by atoms with Crippen LogP contribution in [0.25, 0.3) is 0 Å². The summed E-state index contributed by atoms with van der Waals surface area (Å²) in [6, 6.07) is 6.08. The molecule has 1 aromatic rings. The molecular weight excluding hydrogens is 299 g/mol. The number of benzene rings is 1. The maximum absolute atomic E-state index is 12.8. The third-order valence-electron chi connectivity index (χ3n) is 2.62. The summed E-state index contributed by atoms with van der Waals surface area (Å²) in [5, 5.41) is 0. The molecular formula is C15H20F3NO3. The summed E-state index contributed by atoms with van der Waals surface area (Å²) < 4.78 is 48.5. The van der Waals surface area contributed by atoms with Gasteiger partial charge in [0.2, 0.25) is 0 Å². The van der Waals surface area contributed by atoms with Crippen LogP contribution in [0.15, 0.2) is 30.3 Å². The first-order valence-corrected chi connectivity index (χ1v) is 6.71. The number of halogens is 3. The van der Waals surface area contributed by atoms with Crippen molar-refractivity contribution in [1.82, 2.24) is 0 Å². The van der Waals surface area contributed by atoms with Crippen molar-refractivity contribution in [1.29, 1.82) is 0 Å². The van der Waals surface area contributed by atoms with Crippen LogP contribution in [-0.2, 0) is 20.9 Å². The van der Waals surface area contributed by atoms with E-state index in [1.165, 1.54) is 0 Å². The van der Waals surface area contributed by atoms with Gasteiger partial charge in [-0.25, -0.2) is 4.79 Å². The van der Waals surface area contributed by atoms with Gasteiger partial charge in [0.1, 0.15) is 11.6 Å². The van der Waals surface area contributed by atoms with Crippen molar-refractivity contribution in [3.8, 4) is 0 Å². The zero-order valence-corrected chi connectivity index (χ0v) is 12.7. The van der Waals surface area contributed by atoms with Crippen LogP contribution in [0.2, 0.25) is 0 Å². The molecule has 0 fully saturated rings. The molecule has 0 unspecified atom stereocenters. The maximum Gasteiger partial charge on any atom is 0.406 e. The van der Waals surface area contributed by atoms with E-state index in [1.807, 2.05) is 0 Å². The first-order chi connectivity index (χ1) is 10.0. The van der Waals surface area contributed by atoms with Gasteiger partial charge in [0.15, 0.2) is 6.10 Å². The molecule has 0 bridgehead atoms. The van der Waals surface area contributed by atoms with Crippen molar-refractivity contribution in [2.24, 2.45) is 5.73 Å². The van der Waals surface area contributed by atoms with Gasteiger partial charge in [-0.2, -0.15) is 13.2 Å². The molecule has 124 valence electrons. The van der Waals surface area contributed by atoms with E-state index < -0.39 is 29.9 Å². The van der Waals surface area contributed by atoms with Crippen LogP contribution in [0.5, 0.6) is 0 Å². The van der Waals surface area contributed by atoms with Gasteiger partial charge in [0, 0.05) is 0 Å². The quantitative estimate of drug-likeness (QED) is 0.848. The Hall–Kier alpha value is -1.60. The number of nitrogens with two attached hydrogens (primary N) is 1. The number of ether oxygens (including phenoxy) is 2.